The van der Waals surface area contributed by atoms with Gasteiger partial charge in [-0.25, -0.2) is 0 Å². The fourth-order valence-corrected chi connectivity index (χ4v) is 3.00. The lowest BCUT2D eigenvalue weighted by atomic mass is 10.1. The Morgan fingerprint density at radius 1 is 0.875 bits per heavy atom. The number of halogens is 1. The lowest BCUT2D eigenvalue weighted by molar-refractivity contribution is -0.509. The number of ether oxygens (including phenoxy) is 2. The molecule has 2 aromatic heterocycles. The van der Waals surface area contributed by atoms with Crippen LogP contribution in [0.1, 0.15) is 0 Å². The molecule has 122 valence electrons. The van der Waals surface area contributed by atoms with Crippen LogP contribution in [0.15, 0.2) is 54.9 Å². The van der Waals surface area contributed by atoms with Crippen LogP contribution in [0.3, 0.4) is 0 Å². The second kappa shape index (κ2) is 6.17. The van der Waals surface area contributed by atoms with Crippen LogP contribution in [-0.2, 0) is 0 Å². The first kappa shape index (κ1) is 16.3. The van der Waals surface area contributed by atoms with Crippen LogP contribution in [0.25, 0.3) is 27.1 Å². The molecule has 4 nitrogen and oxygen atoms in total. The molecular formula is C19H16BrNO3. The van der Waals surface area contributed by atoms with E-state index in [0.717, 1.165) is 32.8 Å². The van der Waals surface area contributed by atoms with Gasteiger partial charge in [0.15, 0.2) is 23.9 Å². The minimum Gasteiger partial charge on any atom is -1.00 e. The van der Waals surface area contributed by atoms with Crippen LogP contribution < -0.4 is 30.9 Å². The molecule has 0 bridgehead atoms. The summed E-state index contributed by atoms with van der Waals surface area (Å²) in [4.78, 5) is 0. The molecule has 2 heterocycles. The molecule has 0 aliphatic heterocycles. The van der Waals surface area contributed by atoms with Gasteiger partial charge >= 0.3 is 0 Å². The van der Waals surface area contributed by atoms with Crippen molar-refractivity contribution in [2.24, 2.45) is 0 Å². The zero-order valence-electron chi connectivity index (χ0n) is 13.3. The molecule has 0 saturated carbocycles. The molecule has 0 unspecified atom stereocenters. The molecule has 0 fully saturated rings. The van der Waals surface area contributed by atoms with Crippen molar-refractivity contribution >= 4 is 27.1 Å². The van der Waals surface area contributed by atoms with Gasteiger partial charge in [0.1, 0.15) is 5.75 Å². The molecule has 0 amide bonds. The van der Waals surface area contributed by atoms with Gasteiger partial charge in [0.25, 0.3) is 0 Å². The summed E-state index contributed by atoms with van der Waals surface area (Å²) >= 11 is 0. The van der Waals surface area contributed by atoms with Gasteiger partial charge in [0.2, 0.25) is 5.52 Å². The minimum atomic E-state index is 0. The SMILES string of the molecule is COc1ccc2c(cc[n+]3cc4c(O)c(OC)ccc4cc23)c1.[Br-]. The number of nitrogens with zero attached hydrogens (tertiary/aromatic N) is 1. The van der Waals surface area contributed by atoms with Crippen molar-refractivity contribution in [2.75, 3.05) is 14.2 Å². The van der Waals surface area contributed by atoms with Gasteiger partial charge in [-0.05, 0) is 41.1 Å². The molecule has 24 heavy (non-hydrogen) atoms. The van der Waals surface area contributed by atoms with E-state index in [-0.39, 0.29) is 22.7 Å². The first-order chi connectivity index (χ1) is 11.2. The number of benzene rings is 2. The fraction of sp³-hybridized carbons (Fsp3) is 0.105. The molecule has 0 radical (unpaired) electrons. The highest BCUT2D eigenvalue weighted by molar-refractivity contribution is 5.99. The summed E-state index contributed by atoms with van der Waals surface area (Å²) in [5, 5.41) is 14.3. The first-order valence-corrected chi connectivity index (χ1v) is 7.33. The van der Waals surface area contributed by atoms with Crippen LogP contribution >= 0.6 is 0 Å². The Morgan fingerprint density at radius 3 is 2.42 bits per heavy atom. The zero-order chi connectivity index (χ0) is 16.0. The van der Waals surface area contributed by atoms with Crippen molar-refractivity contribution in [3.05, 3.63) is 54.9 Å². The van der Waals surface area contributed by atoms with Gasteiger partial charge in [-0.2, -0.15) is 4.40 Å². The van der Waals surface area contributed by atoms with Gasteiger partial charge in [-0.15, -0.1) is 0 Å². The number of rotatable bonds is 2. The molecule has 0 atom stereocenters. The average molecular weight is 386 g/mol. The second-order valence-corrected chi connectivity index (χ2v) is 5.45. The van der Waals surface area contributed by atoms with E-state index in [1.165, 1.54) is 0 Å². The van der Waals surface area contributed by atoms with Gasteiger partial charge in [0, 0.05) is 12.1 Å². The monoisotopic (exact) mass is 385 g/mol. The van der Waals surface area contributed by atoms with E-state index in [2.05, 4.69) is 12.1 Å². The summed E-state index contributed by atoms with van der Waals surface area (Å²) in [7, 11) is 3.22. The van der Waals surface area contributed by atoms with Crippen molar-refractivity contribution in [3.63, 3.8) is 0 Å². The van der Waals surface area contributed by atoms with E-state index >= 15 is 0 Å². The number of methoxy groups -OCH3 is 2. The predicted octanol–water partition coefficient (Wildman–Crippen LogP) is 0.458. The summed E-state index contributed by atoms with van der Waals surface area (Å²) in [5.41, 5.74) is 1.07. The molecule has 0 saturated heterocycles. The van der Waals surface area contributed by atoms with Crippen molar-refractivity contribution in [3.8, 4) is 17.2 Å². The topological polar surface area (TPSA) is 42.8 Å². The third-order valence-corrected chi connectivity index (χ3v) is 4.22. The smallest absolute Gasteiger partial charge is 0.219 e. The van der Waals surface area contributed by atoms with Crippen LogP contribution in [0, 0.1) is 0 Å². The number of phenols is 1. The molecule has 4 rings (SSSR count). The lowest BCUT2D eigenvalue weighted by Crippen LogP contribution is -3.00. The Bertz CT molecular complexity index is 1060. The molecule has 2 aromatic carbocycles. The van der Waals surface area contributed by atoms with Crippen molar-refractivity contribution < 1.29 is 36.0 Å². The molecule has 4 aromatic rings. The van der Waals surface area contributed by atoms with E-state index < -0.39 is 0 Å². The van der Waals surface area contributed by atoms with Gasteiger partial charge in [-0.1, -0.05) is 0 Å². The average Bonchev–Trinajstić information content (AvgIpc) is 2.60. The maximum atomic E-state index is 10.3. The maximum Gasteiger partial charge on any atom is 0.219 e. The van der Waals surface area contributed by atoms with Crippen molar-refractivity contribution in [1.82, 2.24) is 0 Å². The molecule has 0 spiro atoms. The number of hydrogen-bond acceptors (Lipinski definition) is 3. The van der Waals surface area contributed by atoms with E-state index in [1.54, 1.807) is 20.3 Å². The standard InChI is InChI=1S/C19H15NO3.BrH/c1-22-14-4-5-15-13(9-14)7-8-20-11-16-12(10-17(15)20)3-6-18(23-2)19(16)21;/h3-11H,1-2H3;1H. The number of aromatic hydroxyl groups is 1. The van der Waals surface area contributed by atoms with Gasteiger partial charge in [0.05, 0.1) is 25.0 Å². The molecule has 0 aliphatic rings. The largest absolute Gasteiger partial charge is 1.00 e. The molecular weight excluding hydrogens is 370 g/mol. The van der Waals surface area contributed by atoms with Crippen LogP contribution in [0.2, 0.25) is 0 Å². The van der Waals surface area contributed by atoms with Crippen LogP contribution in [0.5, 0.6) is 17.2 Å². The number of hydrogen-bond donors (Lipinski definition) is 1. The van der Waals surface area contributed by atoms with E-state index in [1.807, 2.05) is 41.1 Å². The van der Waals surface area contributed by atoms with E-state index in [0.29, 0.717) is 5.75 Å². The van der Waals surface area contributed by atoms with Crippen LogP contribution in [-0.4, -0.2) is 19.3 Å². The highest BCUT2D eigenvalue weighted by Crippen LogP contribution is 2.34. The zero-order valence-corrected chi connectivity index (χ0v) is 14.9. The summed E-state index contributed by atoms with van der Waals surface area (Å²) in [6.45, 7) is 0. The third kappa shape index (κ3) is 2.41. The summed E-state index contributed by atoms with van der Waals surface area (Å²) in [6.07, 6.45) is 3.90. The molecule has 5 heteroatoms. The summed E-state index contributed by atoms with van der Waals surface area (Å²) < 4.78 is 12.5. The Balaban J connectivity index is 0.00000169. The van der Waals surface area contributed by atoms with Gasteiger partial charge in [-0.3, -0.25) is 0 Å². The molecule has 0 aliphatic carbocycles. The van der Waals surface area contributed by atoms with E-state index in [9.17, 15) is 5.11 Å². The highest BCUT2D eigenvalue weighted by Gasteiger charge is 2.14. The predicted molar refractivity (Wildman–Crippen MR) is 89.4 cm³/mol. The Morgan fingerprint density at radius 2 is 1.67 bits per heavy atom. The number of phenolic OH excluding ortho intramolecular Hbond substituents is 1. The minimum absolute atomic E-state index is 0. The third-order valence-electron chi connectivity index (χ3n) is 4.22. The normalized spacial score (nSPS) is 10.8. The maximum absolute atomic E-state index is 10.3. The van der Waals surface area contributed by atoms with Crippen molar-refractivity contribution in [1.29, 1.82) is 0 Å². The van der Waals surface area contributed by atoms with Crippen LogP contribution in [0.4, 0.5) is 0 Å². The Kier molecular flexibility index (Phi) is 4.20. The number of pyridine rings is 2. The quantitative estimate of drug-likeness (QED) is 0.309. The highest BCUT2D eigenvalue weighted by atomic mass is 79.9. The Hall–Kier alpha value is -2.53. The molecule has 1 N–H and O–H groups in total. The van der Waals surface area contributed by atoms with Gasteiger partial charge < -0.3 is 31.6 Å². The second-order valence-electron chi connectivity index (χ2n) is 5.45. The Labute approximate surface area is 149 Å². The first-order valence-electron chi connectivity index (χ1n) is 7.33. The van der Waals surface area contributed by atoms with E-state index in [4.69, 9.17) is 9.47 Å². The summed E-state index contributed by atoms with van der Waals surface area (Å²) in [5.74, 6) is 1.47. The van der Waals surface area contributed by atoms with Crippen molar-refractivity contribution in [2.45, 2.75) is 0 Å². The number of fused-ring (bicyclic) bond motifs is 4. The fourth-order valence-electron chi connectivity index (χ4n) is 3.00. The number of aromatic nitrogens is 1. The summed E-state index contributed by atoms with van der Waals surface area (Å²) in [6, 6.07) is 13.9. The lowest BCUT2D eigenvalue weighted by Gasteiger charge is -2.07.